The number of rotatable bonds is 30. The predicted octanol–water partition coefficient (Wildman–Crippen LogP) is 11.9. The quantitative estimate of drug-likeness (QED) is 0.0393. The van der Waals surface area contributed by atoms with Gasteiger partial charge in [-0.15, -0.1) is 0 Å². The zero-order valence-corrected chi connectivity index (χ0v) is 36.9. The van der Waals surface area contributed by atoms with Gasteiger partial charge in [-0.25, -0.2) is 0 Å². The van der Waals surface area contributed by atoms with Gasteiger partial charge in [0, 0.05) is 73.7 Å². The van der Waals surface area contributed by atoms with Crippen LogP contribution >= 0.6 is 82.5 Å². The fourth-order valence-electron chi connectivity index (χ4n) is 5.50. The third-order valence-corrected chi connectivity index (χ3v) is 28.0. The Morgan fingerprint density at radius 3 is 1.18 bits per heavy atom. The first-order valence-corrected chi connectivity index (χ1v) is 30.4. The van der Waals surface area contributed by atoms with Crippen molar-refractivity contribution < 1.29 is 26.6 Å². The molecule has 0 aromatic carbocycles. The van der Waals surface area contributed by atoms with Crippen molar-refractivity contribution in [1.29, 1.82) is 0 Å². The molecular weight excluding hydrogens is 745 g/mol. The maximum atomic E-state index is 6.01. The second kappa shape index (κ2) is 27.7. The summed E-state index contributed by atoms with van der Waals surface area (Å²) >= 11 is 0. The van der Waals surface area contributed by atoms with Crippen LogP contribution in [-0.4, -0.2) is 79.3 Å². The predicted molar refractivity (Wildman–Crippen MR) is 215 cm³/mol. The van der Waals surface area contributed by atoms with Gasteiger partial charge in [0.25, 0.3) is 0 Å². The van der Waals surface area contributed by atoms with Gasteiger partial charge in [0.05, 0.1) is 0 Å². The highest BCUT2D eigenvalue weighted by atomic mass is 33.7. The Kier molecular flexibility index (Phi) is 28.3. The Balaban J connectivity index is 2.42. The van der Waals surface area contributed by atoms with Crippen molar-refractivity contribution in [2.45, 2.75) is 123 Å². The molecule has 0 aliphatic heterocycles. The van der Waals surface area contributed by atoms with E-state index in [4.69, 9.17) is 26.6 Å². The molecule has 1 fully saturated rings. The molecule has 0 bridgehead atoms. The van der Waals surface area contributed by atoms with Gasteiger partial charge in [-0.3, -0.25) is 0 Å². The molecule has 0 radical (unpaired) electrons. The Morgan fingerprint density at radius 2 is 0.864 bits per heavy atom. The summed E-state index contributed by atoms with van der Waals surface area (Å²) < 4.78 is 36.1. The van der Waals surface area contributed by atoms with E-state index in [9.17, 15) is 0 Å². The second-order valence-electron chi connectivity index (χ2n) is 10.4. The molecule has 1 rings (SSSR count). The summed E-state index contributed by atoms with van der Waals surface area (Å²) in [5.41, 5.74) is 0.402. The molecule has 6 nitrogen and oxygen atoms in total. The van der Waals surface area contributed by atoms with E-state index in [1.807, 2.05) is 102 Å². The summed E-state index contributed by atoms with van der Waals surface area (Å²) in [6.07, 6.45) is 8.94. The summed E-state index contributed by atoms with van der Waals surface area (Å²) in [4.78, 5) is 0. The van der Waals surface area contributed by atoms with E-state index in [2.05, 4.69) is 35.4 Å². The van der Waals surface area contributed by atoms with Crippen LogP contribution in [0.5, 0.6) is 0 Å². The van der Waals surface area contributed by atoms with E-state index in [-0.39, 0.29) is 0 Å². The molecule has 44 heavy (non-hydrogen) atoms. The maximum Gasteiger partial charge on any atom is 0.500 e. The molecular formula is C28H60O6S8Si2. The van der Waals surface area contributed by atoms with Crippen LogP contribution < -0.4 is 0 Å². The fraction of sp³-hybridized carbons (Fsp3) is 1.00. The number of hydrogen-bond acceptors (Lipinski definition) is 14. The van der Waals surface area contributed by atoms with Crippen LogP contribution in [0.25, 0.3) is 0 Å². The van der Waals surface area contributed by atoms with Gasteiger partial charge in [-0.05, 0) is 112 Å². The third-order valence-electron chi connectivity index (χ3n) is 7.53. The summed E-state index contributed by atoms with van der Waals surface area (Å²) in [5, 5.41) is 1.26. The molecule has 0 aromatic heterocycles. The maximum absolute atomic E-state index is 6.01. The molecule has 0 N–H and O–H groups in total. The first-order chi connectivity index (χ1) is 21.3. The Morgan fingerprint density at radius 1 is 0.523 bits per heavy atom. The van der Waals surface area contributed by atoms with Crippen LogP contribution in [-0.2, 0) is 26.6 Å². The average molecular weight is 805 g/mol. The van der Waals surface area contributed by atoms with Gasteiger partial charge in [-0.1, -0.05) is 76.3 Å². The van der Waals surface area contributed by atoms with E-state index in [1.54, 1.807) is 0 Å². The molecule has 0 spiro atoms. The van der Waals surface area contributed by atoms with Crippen molar-refractivity contribution in [1.82, 2.24) is 0 Å². The summed E-state index contributed by atoms with van der Waals surface area (Å²) in [7, 11) is 10.9. The van der Waals surface area contributed by atoms with Gasteiger partial charge in [0.2, 0.25) is 0 Å². The van der Waals surface area contributed by atoms with Crippen molar-refractivity contribution in [3.63, 3.8) is 0 Å². The normalized spacial score (nSPS) is 17.2. The first kappa shape index (κ1) is 45.0. The van der Waals surface area contributed by atoms with Gasteiger partial charge < -0.3 is 26.6 Å². The van der Waals surface area contributed by atoms with E-state index < -0.39 is 17.6 Å². The van der Waals surface area contributed by atoms with E-state index in [0.717, 1.165) is 36.4 Å². The standard InChI is InChI=1S/C28H60O6S8Si2/c1-9-29-43(30-10-2,31-11-3)24-18-22-35-39-41-37-26(7)28(20-16-15-17-21-28)27(8)38-42-40-36-23-19-25-44(32-12-4,33-13-5)34-14-6/h26-27H,9-25H2,1-8H3. The lowest BCUT2D eigenvalue weighted by atomic mass is 9.70. The van der Waals surface area contributed by atoms with E-state index in [1.165, 1.54) is 32.1 Å². The van der Waals surface area contributed by atoms with Crippen LogP contribution in [0.15, 0.2) is 0 Å². The van der Waals surface area contributed by atoms with Crippen molar-refractivity contribution in [3.05, 3.63) is 0 Å². The van der Waals surface area contributed by atoms with E-state index in [0.29, 0.717) is 55.6 Å². The third kappa shape index (κ3) is 17.3. The lowest BCUT2D eigenvalue weighted by molar-refractivity contribution is 0.0704. The lowest BCUT2D eigenvalue weighted by Gasteiger charge is -2.45. The van der Waals surface area contributed by atoms with Gasteiger partial charge in [-0.2, -0.15) is 0 Å². The molecule has 2 unspecified atom stereocenters. The molecule has 0 amide bonds. The minimum atomic E-state index is -2.52. The zero-order valence-electron chi connectivity index (χ0n) is 28.4. The van der Waals surface area contributed by atoms with Crippen LogP contribution in [0.1, 0.15) is 100 Å². The van der Waals surface area contributed by atoms with Crippen molar-refractivity contribution in [2.75, 3.05) is 51.1 Å². The Labute approximate surface area is 303 Å². The largest absolute Gasteiger partial charge is 0.500 e. The van der Waals surface area contributed by atoms with Crippen molar-refractivity contribution >= 4 is 100 Å². The minimum Gasteiger partial charge on any atom is -0.374 e. The highest BCUT2D eigenvalue weighted by Crippen LogP contribution is 2.58. The molecule has 264 valence electrons. The van der Waals surface area contributed by atoms with E-state index >= 15 is 0 Å². The highest BCUT2D eigenvalue weighted by molar-refractivity contribution is 9.26. The zero-order chi connectivity index (χ0) is 32.6. The molecule has 2 atom stereocenters. The van der Waals surface area contributed by atoms with Crippen LogP contribution in [0, 0.1) is 5.41 Å². The fourth-order valence-corrected chi connectivity index (χ4v) is 25.5. The summed E-state index contributed by atoms with van der Waals surface area (Å²) in [6.45, 7) is 21.0. The van der Waals surface area contributed by atoms with Crippen LogP contribution in [0.3, 0.4) is 0 Å². The SMILES string of the molecule is CCO[Si](CCCSSSSC(C)C1(C(C)SSSSCCC[Si](OCC)(OCC)OCC)CCCCC1)(OCC)OCC. The topological polar surface area (TPSA) is 55.4 Å². The number of hydrogen-bond donors (Lipinski definition) is 0. The molecule has 1 aliphatic carbocycles. The first-order valence-electron chi connectivity index (χ1n) is 16.4. The molecule has 16 heteroatoms. The molecule has 0 aromatic rings. The minimum absolute atomic E-state index is 0.402. The second-order valence-corrected chi connectivity index (χ2v) is 28.6. The van der Waals surface area contributed by atoms with Crippen molar-refractivity contribution in [2.24, 2.45) is 5.41 Å². The molecule has 1 saturated carbocycles. The smallest absolute Gasteiger partial charge is 0.374 e. The molecule has 0 heterocycles. The van der Waals surface area contributed by atoms with Gasteiger partial charge in [0.15, 0.2) is 0 Å². The molecule has 1 aliphatic rings. The average Bonchev–Trinajstić information content (AvgIpc) is 3.01. The lowest BCUT2D eigenvalue weighted by Crippen LogP contribution is -2.46. The Hall–Kier alpha value is 2.99. The summed E-state index contributed by atoms with van der Waals surface area (Å²) in [6, 6.07) is 1.79. The van der Waals surface area contributed by atoms with Crippen LogP contribution in [0.2, 0.25) is 12.1 Å². The monoisotopic (exact) mass is 804 g/mol. The highest BCUT2D eigenvalue weighted by Gasteiger charge is 2.43. The summed E-state index contributed by atoms with van der Waals surface area (Å²) in [5.74, 6) is 2.17. The van der Waals surface area contributed by atoms with Gasteiger partial charge in [0.1, 0.15) is 0 Å². The van der Waals surface area contributed by atoms with Crippen LogP contribution in [0.4, 0.5) is 0 Å². The molecule has 0 saturated heterocycles. The Bertz CT molecular complexity index is 606. The van der Waals surface area contributed by atoms with Crippen molar-refractivity contribution in [3.8, 4) is 0 Å². The van der Waals surface area contributed by atoms with Gasteiger partial charge >= 0.3 is 17.6 Å².